The molecule has 1 heterocycles. The summed E-state index contributed by atoms with van der Waals surface area (Å²) in [5.41, 5.74) is 2.36. The number of benzene rings is 1. The molecule has 0 aliphatic heterocycles. The van der Waals surface area contributed by atoms with Crippen LogP contribution < -0.4 is 10.6 Å². The minimum Gasteiger partial charge on any atom is -0.357 e. The lowest BCUT2D eigenvalue weighted by atomic mass is 10.1. The van der Waals surface area contributed by atoms with Gasteiger partial charge in [-0.25, -0.2) is 4.99 Å². The van der Waals surface area contributed by atoms with Gasteiger partial charge in [0.1, 0.15) is 0 Å². The minimum absolute atomic E-state index is 0.165. The molecule has 0 spiro atoms. The minimum atomic E-state index is 0.165. The molecule has 0 bridgehead atoms. The highest BCUT2D eigenvalue weighted by Crippen LogP contribution is 2.11. The summed E-state index contributed by atoms with van der Waals surface area (Å²) in [4.78, 5) is 18.7. The first-order valence-corrected chi connectivity index (χ1v) is 10.0. The van der Waals surface area contributed by atoms with Crippen LogP contribution in [0.5, 0.6) is 0 Å². The van der Waals surface area contributed by atoms with Crippen LogP contribution in [-0.4, -0.2) is 52.7 Å². The van der Waals surface area contributed by atoms with E-state index in [0.717, 1.165) is 37.7 Å². The molecular weight excluding hydrogens is 352 g/mol. The molecule has 0 unspecified atom stereocenters. The molecule has 2 rings (SSSR count). The third-order valence-corrected chi connectivity index (χ3v) is 4.51. The Morgan fingerprint density at radius 3 is 2.50 bits per heavy atom. The standard InChI is InChI=1S/C21H32N6O/c1-4-22-21(23-14-12-20(28)26(5-2)6-3)24-16-18-10-7-8-11-19(18)17-27-15-9-13-25-27/h7-11,13,15H,4-6,12,14,16-17H2,1-3H3,(H2,22,23,24). The molecule has 2 N–H and O–H groups in total. The summed E-state index contributed by atoms with van der Waals surface area (Å²) in [5, 5.41) is 10.8. The monoisotopic (exact) mass is 384 g/mol. The Balaban J connectivity index is 1.96. The van der Waals surface area contributed by atoms with E-state index < -0.39 is 0 Å². The van der Waals surface area contributed by atoms with Gasteiger partial charge in [0.2, 0.25) is 5.91 Å². The number of rotatable bonds is 10. The van der Waals surface area contributed by atoms with Crippen LogP contribution in [0.4, 0.5) is 0 Å². The van der Waals surface area contributed by atoms with Crippen molar-refractivity contribution < 1.29 is 4.79 Å². The zero-order chi connectivity index (χ0) is 20.2. The van der Waals surface area contributed by atoms with E-state index >= 15 is 0 Å². The van der Waals surface area contributed by atoms with Crippen molar-refractivity contribution in [2.75, 3.05) is 26.2 Å². The van der Waals surface area contributed by atoms with Crippen LogP contribution in [-0.2, 0) is 17.9 Å². The van der Waals surface area contributed by atoms with E-state index in [9.17, 15) is 4.79 Å². The van der Waals surface area contributed by atoms with Crippen molar-refractivity contribution in [1.29, 1.82) is 0 Å². The number of nitrogens with one attached hydrogen (secondary N) is 2. The first-order chi connectivity index (χ1) is 13.7. The molecule has 2 aromatic rings. The molecule has 1 aromatic heterocycles. The van der Waals surface area contributed by atoms with Crippen LogP contribution >= 0.6 is 0 Å². The van der Waals surface area contributed by atoms with Gasteiger partial charge in [-0.05, 0) is 38.0 Å². The lowest BCUT2D eigenvalue weighted by Crippen LogP contribution is -2.40. The second kappa shape index (κ2) is 11.8. The van der Waals surface area contributed by atoms with E-state index in [0.29, 0.717) is 19.5 Å². The molecule has 0 aliphatic rings. The molecule has 7 heteroatoms. The van der Waals surface area contributed by atoms with E-state index in [1.165, 1.54) is 5.56 Å². The number of nitrogens with zero attached hydrogens (tertiary/aromatic N) is 4. The van der Waals surface area contributed by atoms with Crippen molar-refractivity contribution >= 4 is 11.9 Å². The fraction of sp³-hybridized carbons (Fsp3) is 0.476. The SMILES string of the molecule is CCNC(=NCc1ccccc1Cn1cccn1)NCCC(=O)N(CC)CC. The molecule has 28 heavy (non-hydrogen) atoms. The van der Waals surface area contributed by atoms with Crippen LogP contribution in [0.1, 0.15) is 38.3 Å². The van der Waals surface area contributed by atoms with Crippen LogP contribution in [0.25, 0.3) is 0 Å². The molecule has 7 nitrogen and oxygen atoms in total. The van der Waals surface area contributed by atoms with Crippen LogP contribution in [0.15, 0.2) is 47.7 Å². The third-order valence-electron chi connectivity index (χ3n) is 4.51. The molecule has 0 aliphatic carbocycles. The number of hydrogen-bond donors (Lipinski definition) is 2. The third kappa shape index (κ3) is 6.72. The van der Waals surface area contributed by atoms with E-state index in [-0.39, 0.29) is 5.91 Å². The number of aliphatic imine (C=N–C) groups is 1. The van der Waals surface area contributed by atoms with Gasteiger partial charge >= 0.3 is 0 Å². The highest BCUT2D eigenvalue weighted by atomic mass is 16.2. The van der Waals surface area contributed by atoms with Gasteiger partial charge < -0.3 is 15.5 Å². The van der Waals surface area contributed by atoms with Crippen molar-refractivity contribution in [2.24, 2.45) is 4.99 Å². The van der Waals surface area contributed by atoms with Gasteiger partial charge in [-0.3, -0.25) is 9.48 Å². The smallest absolute Gasteiger partial charge is 0.224 e. The van der Waals surface area contributed by atoms with Crippen LogP contribution in [0.3, 0.4) is 0 Å². The second-order valence-electron chi connectivity index (χ2n) is 6.41. The summed E-state index contributed by atoms with van der Waals surface area (Å²) in [6, 6.07) is 10.2. The fourth-order valence-corrected chi connectivity index (χ4v) is 2.96. The van der Waals surface area contributed by atoms with Crippen molar-refractivity contribution in [1.82, 2.24) is 25.3 Å². The predicted molar refractivity (Wildman–Crippen MR) is 113 cm³/mol. The normalized spacial score (nSPS) is 11.3. The average molecular weight is 385 g/mol. The molecule has 0 fully saturated rings. The number of carbonyl (C=O) groups is 1. The van der Waals surface area contributed by atoms with Gasteiger partial charge in [0, 0.05) is 45.0 Å². The van der Waals surface area contributed by atoms with E-state index in [1.54, 1.807) is 6.20 Å². The molecule has 1 aromatic carbocycles. The maximum atomic E-state index is 12.1. The zero-order valence-electron chi connectivity index (χ0n) is 17.2. The molecule has 152 valence electrons. The topological polar surface area (TPSA) is 74.5 Å². The summed E-state index contributed by atoms with van der Waals surface area (Å²) in [5.74, 6) is 0.890. The van der Waals surface area contributed by atoms with Crippen LogP contribution in [0.2, 0.25) is 0 Å². The number of aromatic nitrogens is 2. The highest BCUT2D eigenvalue weighted by molar-refractivity contribution is 5.81. The Labute approximate surface area is 167 Å². The van der Waals surface area contributed by atoms with Crippen molar-refractivity contribution in [3.8, 4) is 0 Å². The molecule has 0 saturated carbocycles. The Morgan fingerprint density at radius 2 is 1.86 bits per heavy atom. The molecular formula is C21H32N6O. The first kappa shape index (κ1) is 21.5. The summed E-state index contributed by atoms with van der Waals surface area (Å²) < 4.78 is 1.91. The van der Waals surface area contributed by atoms with E-state index in [4.69, 9.17) is 4.99 Å². The molecule has 0 atom stereocenters. The predicted octanol–water partition coefficient (Wildman–Crippen LogP) is 2.25. The van der Waals surface area contributed by atoms with Crippen LogP contribution in [0, 0.1) is 0 Å². The molecule has 0 saturated heterocycles. The van der Waals surface area contributed by atoms with E-state index in [2.05, 4.69) is 27.9 Å². The highest BCUT2D eigenvalue weighted by Gasteiger charge is 2.09. The number of hydrogen-bond acceptors (Lipinski definition) is 3. The Bertz CT molecular complexity index is 737. The number of carbonyl (C=O) groups excluding carboxylic acids is 1. The summed E-state index contributed by atoms with van der Waals surface area (Å²) >= 11 is 0. The molecule has 1 amide bonds. The lowest BCUT2D eigenvalue weighted by molar-refractivity contribution is -0.130. The fourth-order valence-electron chi connectivity index (χ4n) is 2.96. The average Bonchev–Trinajstić information content (AvgIpc) is 3.21. The maximum Gasteiger partial charge on any atom is 0.224 e. The second-order valence-corrected chi connectivity index (χ2v) is 6.41. The van der Waals surface area contributed by atoms with Gasteiger partial charge in [-0.2, -0.15) is 5.10 Å². The van der Waals surface area contributed by atoms with Gasteiger partial charge in [-0.15, -0.1) is 0 Å². The van der Waals surface area contributed by atoms with Crippen molar-refractivity contribution in [3.63, 3.8) is 0 Å². The quantitative estimate of drug-likeness (QED) is 0.487. The van der Waals surface area contributed by atoms with E-state index in [1.807, 2.05) is 54.7 Å². The van der Waals surface area contributed by atoms with Gasteiger partial charge in [0.15, 0.2) is 5.96 Å². The van der Waals surface area contributed by atoms with Gasteiger partial charge in [0.25, 0.3) is 0 Å². The first-order valence-electron chi connectivity index (χ1n) is 10.0. The maximum absolute atomic E-state index is 12.1. The van der Waals surface area contributed by atoms with Crippen molar-refractivity contribution in [3.05, 3.63) is 53.9 Å². The molecule has 0 radical (unpaired) electrons. The summed E-state index contributed by atoms with van der Waals surface area (Å²) in [6.45, 7) is 10.2. The Kier molecular flexibility index (Phi) is 9.04. The number of guanidine groups is 1. The Morgan fingerprint density at radius 1 is 1.11 bits per heavy atom. The van der Waals surface area contributed by atoms with Gasteiger partial charge in [0.05, 0.1) is 13.1 Å². The summed E-state index contributed by atoms with van der Waals surface area (Å²) in [7, 11) is 0. The number of amides is 1. The Hall–Kier alpha value is -2.83. The van der Waals surface area contributed by atoms with Crippen molar-refractivity contribution in [2.45, 2.75) is 40.3 Å². The summed E-state index contributed by atoms with van der Waals surface area (Å²) in [6.07, 6.45) is 4.20. The zero-order valence-corrected chi connectivity index (χ0v) is 17.2. The van der Waals surface area contributed by atoms with Gasteiger partial charge in [-0.1, -0.05) is 24.3 Å². The lowest BCUT2D eigenvalue weighted by Gasteiger charge is -2.19. The largest absolute Gasteiger partial charge is 0.357 e.